The molecular weight excluding hydrogens is 215 g/mol. The zero-order valence-corrected chi connectivity index (χ0v) is 10.6. The van der Waals surface area contributed by atoms with Gasteiger partial charge < -0.3 is 4.74 Å². The van der Waals surface area contributed by atoms with Crippen molar-refractivity contribution in [3.05, 3.63) is 0 Å². The van der Waals surface area contributed by atoms with E-state index in [4.69, 9.17) is 19.4 Å². The molecule has 5 heteroatoms. The van der Waals surface area contributed by atoms with Gasteiger partial charge in [0.15, 0.2) is 6.16 Å². The molecule has 1 atom stereocenters. The van der Waals surface area contributed by atoms with Crippen LogP contribution in [0.15, 0.2) is 0 Å². The molecule has 0 heterocycles. The van der Waals surface area contributed by atoms with Crippen LogP contribution in [-0.4, -0.2) is 34.1 Å². The second-order valence-electron chi connectivity index (χ2n) is 3.91. The third-order valence-corrected chi connectivity index (χ3v) is 3.22. The van der Waals surface area contributed by atoms with Crippen molar-refractivity contribution in [1.82, 2.24) is 0 Å². The van der Waals surface area contributed by atoms with Gasteiger partial charge in [0.1, 0.15) is 0 Å². The van der Waals surface area contributed by atoms with E-state index in [1.807, 2.05) is 0 Å². The van der Waals surface area contributed by atoms with Crippen LogP contribution in [-0.2, 0) is 4.74 Å². The summed E-state index contributed by atoms with van der Waals surface area (Å²) >= 11 is 0. The predicted octanol–water partition coefficient (Wildman–Crippen LogP) is 1.96. The molecule has 0 amide bonds. The zero-order valence-electron chi connectivity index (χ0n) is 9.72. The first-order valence-corrected chi connectivity index (χ1v) is 7.46. The third-order valence-electron chi connectivity index (χ3n) is 2.43. The van der Waals surface area contributed by atoms with E-state index >= 15 is 0 Å². The van der Waals surface area contributed by atoms with Crippen LogP contribution in [0.1, 0.15) is 39.5 Å². The molecule has 0 aromatic carbocycles. The lowest BCUT2D eigenvalue weighted by Gasteiger charge is -2.14. The van der Waals surface area contributed by atoms with Gasteiger partial charge in [0, 0.05) is 6.61 Å². The summed E-state index contributed by atoms with van der Waals surface area (Å²) in [6, 6.07) is 0. The Kier molecular flexibility index (Phi) is 8.58. The number of ether oxygens (including phenoxy) is 1. The number of unbranched alkanes of at least 4 members (excludes halogenated alkanes) is 1. The lowest BCUT2D eigenvalue weighted by Crippen LogP contribution is -2.12. The molecule has 0 radical (unpaired) electrons. The highest BCUT2D eigenvalue weighted by Gasteiger charge is 2.28. The van der Waals surface area contributed by atoms with Gasteiger partial charge in [-0.15, -0.1) is 0 Å². The van der Waals surface area contributed by atoms with Crippen molar-refractivity contribution >= 4 is 7.94 Å². The first-order valence-electron chi connectivity index (χ1n) is 5.63. The topological polar surface area (TPSA) is 69.9 Å². The van der Waals surface area contributed by atoms with E-state index in [0.717, 1.165) is 12.8 Å². The molecule has 15 heavy (non-hydrogen) atoms. The van der Waals surface area contributed by atoms with Gasteiger partial charge in [-0.1, -0.05) is 33.1 Å². The van der Waals surface area contributed by atoms with Gasteiger partial charge in [0.2, 0.25) is 0 Å². The molecule has 0 saturated carbocycles. The average Bonchev–Trinajstić information content (AvgIpc) is 2.15. The fourth-order valence-electron chi connectivity index (χ4n) is 1.34. The predicted molar refractivity (Wildman–Crippen MR) is 62.6 cm³/mol. The second kappa shape index (κ2) is 8.43. The van der Waals surface area contributed by atoms with Gasteiger partial charge in [-0.05, 0) is 12.3 Å². The molecule has 0 aliphatic heterocycles. The lowest BCUT2D eigenvalue weighted by molar-refractivity contribution is 0.102. The fourth-order valence-corrected chi connectivity index (χ4v) is 1.71. The molecule has 0 spiro atoms. The third kappa shape index (κ3) is 10.6. The van der Waals surface area contributed by atoms with Crippen LogP contribution >= 0.6 is 7.94 Å². The van der Waals surface area contributed by atoms with Crippen molar-refractivity contribution < 1.29 is 19.4 Å². The summed E-state index contributed by atoms with van der Waals surface area (Å²) in [5.41, 5.74) is 0. The summed E-state index contributed by atoms with van der Waals surface area (Å²) in [5.74, 6) is 0.550. The van der Waals surface area contributed by atoms with Gasteiger partial charge in [-0.25, -0.2) is 0 Å². The smallest absolute Gasteiger partial charge is 0.377 e. The maximum atomic E-state index is 8.72. The van der Waals surface area contributed by atoms with Crippen molar-refractivity contribution in [2.45, 2.75) is 39.5 Å². The highest BCUT2D eigenvalue weighted by molar-refractivity contribution is 7.58. The van der Waals surface area contributed by atoms with Gasteiger partial charge in [0.25, 0.3) is 0 Å². The highest BCUT2D eigenvalue weighted by Crippen LogP contribution is 2.43. The highest BCUT2D eigenvalue weighted by atomic mass is 31.2. The zero-order chi connectivity index (χ0) is 11.7. The standard InChI is InChI=1S/C10H24O4P/c1-3-5-6-10(4-2)9-14-7-8-15(11,12)13/h10-13H,3-9H2,1-2H3/q+1. The molecule has 3 N–H and O–H groups in total. The molecule has 0 bridgehead atoms. The Morgan fingerprint density at radius 1 is 1.20 bits per heavy atom. The van der Waals surface area contributed by atoms with Gasteiger partial charge in [-0.3, -0.25) is 0 Å². The molecule has 4 nitrogen and oxygen atoms in total. The first kappa shape index (κ1) is 15.3. The first-order chi connectivity index (χ1) is 6.99. The van der Waals surface area contributed by atoms with Crippen LogP contribution in [0.5, 0.6) is 0 Å². The summed E-state index contributed by atoms with van der Waals surface area (Å²) in [5, 5.41) is 0. The van der Waals surface area contributed by atoms with Crippen molar-refractivity contribution in [3.63, 3.8) is 0 Å². The molecule has 0 aromatic rings. The molecule has 0 aromatic heterocycles. The molecule has 0 fully saturated rings. The van der Waals surface area contributed by atoms with E-state index in [1.54, 1.807) is 0 Å². The summed E-state index contributed by atoms with van der Waals surface area (Å²) in [4.78, 5) is 26.2. The van der Waals surface area contributed by atoms with Crippen molar-refractivity contribution in [1.29, 1.82) is 0 Å². The van der Waals surface area contributed by atoms with Crippen LogP contribution in [0.4, 0.5) is 0 Å². The largest absolute Gasteiger partial charge is 0.406 e. The average molecular weight is 239 g/mol. The van der Waals surface area contributed by atoms with Crippen molar-refractivity contribution in [2.24, 2.45) is 5.92 Å². The monoisotopic (exact) mass is 239 g/mol. The molecule has 0 saturated heterocycles. The minimum absolute atomic E-state index is 0.0583. The van der Waals surface area contributed by atoms with E-state index < -0.39 is 7.94 Å². The SMILES string of the molecule is CCCCC(CC)COCC[P+](O)(O)O. The van der Waals surface area contributed by atoms with Gasteiger partial charge in [0.05, 0.1) is 6.61 Å². The van der Waals surface area contributed by atoms with Crippen LogP contribution in [0.25, 0.3) is 0 Å². The quantitative estimate of drug-likeness (QED) is 0.425. The van der Waals surface area contributed by atoms with E-state index in [-0.39, 0.29) is 12.8 Å². The Morgan fingerprint density at radius 2 is 1.87 bits per heavy atom. The molecule has 0 rings (SSSR count). The van der Waals surface area contributed by atoms with Gasteiger partial charge in [-0.2, -0.15) is 14.7 Å². The number of hydrogen-bond acceptors (Lipinski definition) is 4. The summed E-state index contributed by atoms with van der Waals surface area (Å²) in [6.07, 6.45) is 4.58. The summed E-state index contributed by atoms with van der Waals surface area (Å²) < 4.78 is 5.31. The van der Waals surface area contributed by atoms with Crippen molar-refractivity contribution in [3.8, 4) is 0 Å². The Morgan fingerprint density at radius 3 is 2.33 bits per heavy atom. The summed E-state index contributed by atoms with van der Waals surface area (Å²) in [7, 11) is -3.63. The fraction of sp³-hybridized carbons (Fsp3) is 1.00. The normalized spacial score (nSPS) is 14.2. The maximum absolute atomic E-state index is 8.72. The Hall–Kier alpha value is 0.270. The Balaban J connectivity index is 3.46. The van der Waals surface area contributed by atoms with E-state index in [9.17, 15) is 0 Å². The Labute approximate surface area is 92.9 Å². The number of hydrogen-bond donors (Lipinski definition) is 3. The lowest BCUT2D eigenvalue weighted by atomic mass is 10.0. The van der Waals surface area contributed by atoms with E-state index in [0.29, 0.717) is 12.5 Å². The van der Waals surface area contributed by atoms with Crippen LogP contribution in [0.2, 0.25) is 0 Å². The van der Waals surface area contributed by atoms with Gasteiger partial charge >= 0.3 is 7.94 Å². The van der Waals surface area contributed by atoms with Crippen molar-refractivity contribution in [2.75, 3.05) is 19.4 Å². The van der Waals surface area contributed by atoms with Crippen LogP contribution in [0.3, 0.4) is 0 Å². The molecule has 1 unspecified atom stereocenters. The second-order valence-corrected chi connectivity index (χ2v) is 5.74. The summed E-state index contributed by atoms with van der Waals surface area (Å²) in [6.45, 7) is 5.16. The molecule has 0 aliphatic rings. The number of rotatable bonds is 9. The van der Waals surface area contributed by atoms with Crippen LogP contribution < -0.4 is 0 Å². The minimum Gasteiger partial charge on any atom is -0.377 e. The molecule has 92 valence electrons. The maximum Gasteiger partial charge on any atom is 0.406 e. The van der Waals surface area contributed by atoms with E-state index in [1.165, 1.54) is 12.8 Å². The Bertz CT molecular complexity index is 147. The minimum atomic E-state index is -3.63. The van der Waals surface area contributed by atoms with E-state index in [2.05, 4.69) is 13.8 Å². The molecular formula is C10H24O4P+. The molecule has 0 aliphatic carbocycles. The van der Waals surface area contributed by atoms with Crippen LogP contribution in [0, 0.1) is 5.92 Å².